The largest absolute Gasteiger partial charge is 0.476 e. The Morgan fingerprint density at radius 2 is 1.88 bits per heavy atom. The third-order valence-electron chi connectivity index (χ3n) is 2.50. The van der Waals surface area contributed by atoms with E-state index in [1.807, 2.05) is 13.0 Å². The minimum atomic E-state index is -4.36. The predicted molar refractivity (Wildman–Crippen MR) is 55.3 cm³/mol. The van der Waals surface area contributed by atoms with Crippen molar-refractivity contribution < 1.29 is 17.9 Å². The second kappa shape index (κ2) is 3.54. The normalized spacial score (nSPS) is 19.8. The summed E-state index contributed by atoms with van der Waals surface area (Å²) >= 11 is 0. The zero-order chi connectivity index (χ0) is 11.9. The van der Waals surface area contributed by atoms with E-state index in [0.717, 1.165) is 5.56 Å². The van der Waals surface area contributed by atoms with Crippen LogP contribution in [0.1, 0.15) is 18.1 Å². The van der Waals surface area contributed by atoms with Gasteiger partial charge in [-0.3, -0.25) is 0 Å². The maximum absolute atomic E-state index is 12.6. The standard InChI is InChI=1S/C12H11F3O/c1-7-3-4-10-9(5-7)6-8(2)11(16-10)12(13,14)15/h3-6,11H,1-2H3. The summed E-state index contributed by atoms with van der Waals surface area (Å²) in [6.07, 6.45) is -4.64. The van der Waals surface area contributed by atoms with Gasteiger partial charge in [-0.15, -0.1) is 0 Å². The van der Waals surface area contributed by atoms with Crippen molar-refractivity contribution in [3.05, 3.63) is 34.9 Å². The summed E-state index contributed by atoms with van der Waals surface area (Å²) in [5.41, 5.74) is 1.89. The van der Waals surface area contributed by atoms with Crippen LogP contribution < -0.4 is 4.74 Å². The van der Waals surface area contributed by atoms with E-state index in [1.165, 1.54) is 13.0 Å². The number of ether oxygens (including phenoxy) is 1. The number of alkyl halides is 3. The van der Waals surface area contributed by atoms with Crippen molar-refractivity contribution in [2.75, 3.05) is 0 Å². The van der Waals surface area contributed by atoms with E-state index >= 15 is 0 Å². The van der Waals surface area contributed by atoms with Crippen molar-refractivity contribution in [1.29, 1.82) is 0 Å². The van der Waals surface area contributed by atoms with Gasteiger partial charge in [-0.1, -0.05) is 11.6 Å². The van der Waals surface area contributed by atoms with Gasteiger partial charge in [-0.25, -0.2) is 0 Å². The number of aryl methyl sites for hydroxylation is 1. The van der Waals surface area contributed by atoms with Crippen molar-refractivity contribution in [1.82, 2.24) is 0 Å². The summed E-state index contributed by atoms with van der Waals surface area (Å²) in [5, 5.41) is 0. The fourth-order valence-corrected chi connectivity index (χ4v) is 1.75. The van der Waals surface area contributed by atoms with E-state index < -0.39 is 12.3 Å². The molecule has 1 aromatic carbocycles. The van der Waals surface area contributed by atoms with Crippen LogP contribution in [0.4, 0.5) is 13.2 Å². The van der Waals surface area contributed by atoms with Crippen molar-refractivity contribution >= 4 is 6.08 Å². The smallest absolute Gasteiger partial charge is 0.429 e. The highest BCUT2D eigenvalue weighted by molar-refractivity contribution is 5.63. The number of hydrogen-bond acceptors (Lipinski definition) is 1. The van der Waals surface area contributed by atoms with E-state index in [-0.39, 0.29) is 5.57 Å². The summed E-state index contributed by atoms with van der Waals surface area (Å²) in [7, 11) is 0. The van der Waals surface area contributed by atoms with Gasteiger partial charge in [-0.2, -0.15) is 13.2 Å². The number of rotatable bonds is 0. The van der Waals surface area contributed by atoms with Gasteiger partial charge in [0.2, 0.25) is 6.10 Å². The van der Waals surface area contributed by atoms with Gasteiger partial charge in [0, 0.05) is 5.56 Å². The van der Waals surface area contributed by atoms with Crippen molar-refractivity contribution in [3.63, 3.8) is 0 Å². The van der Waals surface area contributed by atoms with E-state index in [4.69, 9.17) is 4.74 Å². The molecule has 1 aliphatic rings. The Morgan fingerprint density at radius 3 is 2.50 bits per heavy atom. The molecule has 0 fully saturated rings. The molecule has 0 amide bonds. The lowest BCUT2D eigenvalue weighted by Gasteiger charge is -2.27. The van der Waals surface area contributed by atoms with Crippen molar-refractivity contribution in [3.8, 4) is 5.75 Å². The Hall–Kier alpha value is -1.45. The third kappa shape index (κ3) is 1.92. The molecule has 0 bridgehead atoms. The molecule has 0 saturated heterocycles. The first kappa shape index (κ1) is 11.0. The van der Waals surface area contributed by atoms with Crippen molar-refractivity contribution in [2.45, 2.75) is 26.1 Å². The lowest BCUT2D eigenvalue weighted by atomic mass is 10.0. The van der Waals surface area contributed by atoms with Gasteiger partial charge < -0.3 is 4.74 Å². The Bertz CT molecular complexity index is 446. The summed E-state index contributed by atoms with van der Waals surface area (Å²) in [4.78, 5) is 0. The molecule has 1 aromatic rings. The maximum Gasteiger partial charge on any atom is 0.429 e. The van der Waals surface area contributed by atoms with Crippen LogP contribution in [0.2, 0.25) is 0 Å². The van der Waals surface area contributed by atoms with Crippen LogP contribution in [0.25, 0.3) is 6.08 Å². The Morgan fingerprint density at radius 1 is 1.19 bits per heavy atom. The van der Waals surface area contributed by atoms with Crippen LogP contribution in [-0.4, -0.2) is 12.3 Å². The maximum atomic E-state index is 12.6. The summed E-state index contributed by atoms with van der Waals surface area (Å²) < 4.78 is 42.8. The molecule has 0 N–H and O–H groups in total. The fraction of sp³-hybridized carbons (Fsp3) is 0.333. The van der Waals surface area contributed by atoms with Gasteiger partial charge >= 0.3 is 6.18 Å². The van der Waals surface area contributed by atoms with Crippen molar-refractivity contribution in [2.24, 2.45) is 0 Å². The van der Waals surface area contributed by atoms with Gasteiger partial charge in [0.1, 0.15) is 5.75 Å². The highest BCUT2D eigenvalue weighted by atomic mass is 19.4. The molecule has 0 aromatic heterocycles. The number of halogens is 3. The zero-order valence-corrected chi connectivity index (χ0v) is 8.93. The van der Waals surface area contributed by atoms with Crippen LogP contribution in [0.3, 0.4) is 0 Å². The van der Waals surface area contributed by atoms with E-state index in [0.29, 0.717) is 11.3 Å². The molecule has 1 atom stereocenters. The second-order valence-electron chi connectivity index (χ2n) is 3.97. The summed E-state index contributed by atoms with van der Waals surface area (Å²) in [6.45, 7) is 3.32. The lowest BCUT2D eigenvalue weighted by Crippen LogP contribution is -2.36. The van der Waals surface area contributed by atoms with Gasteiger partial charge in [0.05, 0.1) is 0 Å². The molecule has 1 nitrogen and oxygen atoms in total. The van der Waals surface area contributed by atoms with Crippen LogP contribution >= 0.6 is 0 Å². The molecule has 0 saturated carbocycles. The molecule has 0 aliphatic carbocycles. The minimum absolute atomic E-state index is 0.186. The highest BCUT2D eigenvalue weighted by Crippen LogP contribution is 2.36. The van der Waals surface area contributed by atoms with Crippen LogP contribution in [0.5, 0.6) is 5.75 Å². The van der Waals surface area contributed by atoms with E-state index in [2.05, 4.69) is 0 Å². The Balaban J connectivity index is 2.43. The number of hydrogen-bond donors (Lipinski definition) is 0. The SMILES string of the molecule is CC1=Cc2cc(C)ccc2OC1C(F)(F)F. The lowest BCUT2D eigenvalue weighted by molar-refractivity contribution is -0.183. The Kier molecular flexibility index (Phi) is 2.45. The van der Waals surface area contributed by atoms with Crippen LogP contribution in [0, 0.1) is 6.92 Å². The third-order valence-corrected chi connectivity index (χ3v) is 2.50. The van der Waals surface area contributed by atoms with Gasteiger partial charge in [0.25, 0.3) is 0 Å². The second-order valence-corrected chi connectivity index (χ2v) is 3.97. The van der Waals surface area contributed by atoms with Gasteiger partial charge in [-0.05, 0) is 37.6 Å². The fourth-order valence-electron chi connectivity index (χ4n) is 1.75. The first-order valence-corrected chi connectivity index (χ1v) is 4.90. The first-order chi connectivity index (χ1) is 7.38. The number of fused-ring (bicyclic) bond motifs is 1. The Labute approximate surface area is 91.5 Å². The summed E-state index contributed by atoms with van der Waals surface area (Å²) in [6, 6.07) is 5.12. The average Bonchev–Trinajstić information content (AvgIpc) is 2.14. The summed E-state index contributed by atoms with van der Waals surface area (Å²) in [5.74, 6) is 0.290. The van der Waals surface area contributed by atoms with Gasteiger partial charge in [0.15, 0.2) is 0 Å². The molecular formula is C12H11F3O. The average molecular weight is 228 g/mol. The topological polar surface area (TPSA) is 9.23 Å². The highest BCUT2D eigenvalue weighted by Gasteiger charge is 2.44. The van der Waals surface area contributed by atoms with Crippen LogP contribution in [0.15, 0.2) is 23.8 Å². The first-order valence-electron chi connectivity index (χ1n) is 4.90. The molecule has 0 spiro atoms. The monoisotopic (exact) mass is 228 g/mol. The number of benzene rings is 1. The molecule has 2 rings (SSSR count). The predicted octanol–water partition coefficient (Wildman–Crippen LogP) is 3.72. The molecule has 1 aliphatic heterocycles. The van der Waals surface area contributed by atoms with E-state index in [9.17, 15) is 13.2 Å². The van der Waals surface area contributed by atoms with E-state index in [1.54, 1.807) is 12.1 Å². The molecular weight excluding hydrogens is 217 g/mol. The van der Waals surface area contributed by atoms with Crippen LogP contribution in [-0.2, 0) is 0 Å². The molecule has 1 heterocycles. The minimum Gasteiger partial charge on any atom is -0.476 e. The molecule has 86 valence electrons. The quantitative estimate of drug-likeness (QED) is 0.657. The molecule has 4 heteroatoms. The molecule has 0 radical (unpaired) electrons. The molecule has 16 heavy (non-hydrogen) atoms. The molecule has 1 unspecified atom stereocenters. The zero-order valence-electron chi connectivity index (χ0n) is 8.93.